The monoisotopic (exact) mass is 223 g/mol. The van der Waals surface area contributed by atoms with Crippen molar-refractivity contribution in [1.29, 1.82) is 5.26 Å². The Balaban J connectivity index is 4.29. The molecule has 1 N–H and O–H groups in total. The van der Waals surface area contributed by atoms with Gasteiger partial charge in [0.05, 0.1) is 18.0 Å². The van der Waals surface area contributed by atoms with Crippen LogP contribution in [-0.4, -0.2) is 36.5 Å². The van der Waals surface area contributed by atoms with E-state index in [0.717, 1.165) is 6.54 Å². The van der Waals surface area contributed by atoms with Gasteiger partial charge >= 0.3 is 0 Å². The number of hydrogen-bond donors (Lipinski definition) is 1. The Morgan fingerprint density at radius 2 is 2.25 bits per heavy atom. The van der Waals surface area contributed by atoms with Crippen LogP contribution in [0.25, 0.3) is 0 Å². The molecule has 0 rings (SSSR count). The predicted molar refractivity (Wildman–Crippen MR) is 64.7 cm³/mol. The zero-order valence-corrected chi connectivity index (χ0v) is 10.4. The van der Waals surface area contributed by atoms with Gasteiger partial charge in [-0.3, -0.25) is 9.69 Å². The molecule has 0 aromatic heterocycles. The lowest BCUT2D eigenvalue weighted by atomic mass is 10.1. The number of likely N-dealkylation sites (N-methyl/N-ethyl adjacent to an activating group) is 1. The minimum Gasteiger partial charge on any atom is -0.351 e. The molecular formula is C12H21N3O. The third kappa shape index (κ3) is 4.94. The fourth-order valence-electron chi connectivity index (χ4n) is 1.44. The van der Waals surface area contributed by atoms with Gasteiger partial charge in [-0.25, -0.2) is 0 Å². The molecule has 0 aliphatic heterocycles. The van der Waals surface area contributed by atoms with Gasteiger partial charge in [0, 0.05) is 13.1 Å². The average molecular weight is 223 g/mol. The van der Waals surface area contributed by atoms with Crippen LogP contribution in [0.1, 0.15) is 20.8 Å². The lowest BCUT2D eigenvalue weighted by molar-refractivity contribution is -0.125. The van der Waals surface area contributed by atoms with Gasteiger partial charge in [-0.05, 0) is 20.4 Å². The Morgan fingerprint density at radius 1 is 1.62 bits per heavy atom. The molecule has 2 atom stereocenters. The summed E-state index contributed by atoms with van der Waals surface area (Å²) in [5.74, 6) is -0.0819. The third-order valence-electron chi connectivity index (χ3n) is 2.48. The van der Waals surface area contributed by atoms with Crippen molar-refractivity contribution in [3.8, 4) is 6.07 Å². The van der Waals surface area contributed by atoms with Crippen molar-refractivity contribution in [3.63, 3.8) is 0 Å². The quantitative estimate of drug-likeness (QED) is 0.659. The first-order chi connectivity index (χ1) is 7.56. The van der Waals surface area contributed by atoms with Crippen molar-refractivity contribution in [2.75, 3.05) is 19.6 Å². The van der Waals surface area contributed by atoms with E-state index in [1.165, 1.54) is 0 Å². The standard InChI is InChI=1S/C12H21N3O/c1-5-7-14-12(16)11(4)15(6-2)9-10(3)8-13/h5,10-11H,1,6-7,9H2,2-4H3,(H,14,16). The molecule has 16 heavy (non-hydrogen) atoms. The number of nitriles is 1. The van der Waals surface area contributed by atoms with Crippen molar-refractivity contribution in [1.82, 2.24) is 10.2 Å². The van der Waals surface area contributed by atoms with Crippen LogP contribution in [0.3, 0.4) is 0 Å². The highest BCUT2D eigenvalue weighted by atomic mass is 16.2. The molecular weight excluding hydrogens is 202 g/mol. The molecule has 0 heterocycles. The van der Waals surface area contributed by atoms with E-state index < -0.39 is 0 Å². The van der Waals surface area contributed by atoms with Crippen LogP contribution in [0.2, 0.25) is 0 Å². The topological polar surface area (TPSA) is 56.1 Å². The SMILES string of the molecule is C=CCNC(=O)C(C)N(CC)CC(C)C#N. The van der Waals surface area contributed by atoms with Crippen LogP contribution in [0.5, 0.6) is 0 Å². The zero-order valence-electron chi connectivity index (χ0n) is 10.4. The van der Waals surface area contributed by atoms with Gasteiger partial charge in [0.25, 0.3) is 0 Å². The van der Waals surface area contributed by atoms with Crippen molar-refractivity contribution >= 4 is 5.91 Å². The van der Waals surface area contributed by atoms with Gasteiger partial charge in [-0.2, -0.15) is 5.26 Å². The second-order valence-corrected chi connectivity index (χ2v) is 3.83. The Bertz CT molecular complexity index is 270. The lowest BCUT2D eigenvalue weighted by Gasteiger charge is -2.27. The molecule has 0 saturated heterocycles. The third-order valence-corrected chi connectivity index (χ3v) is 2.48. The first-order valence-corrected chi connectivity index (χ1v) is 5.59. The van der Waals surface area contributed by atoms with E-state index in [1.807, 2.05) is 25.7 Å². The average Bonchev–Trinajstić information content (AvgIpc) is 2.31. The summed E-state index contributed by atoms with van der Waals surface area (Å²) in [5.41, 5.74) is 0. The fourth-order valence-corrected chi connectivity index (χ4v) is 1.44. The fraction of sp³-hybridized carbons (Fsp3) is 0.667. The van der Waals surface area contributed by atoms with Crippen LogP contribution in [0, 0.1) is 17.2 Å². The lowest BCUT2D eigenvalue weighted by Crippen LogP contribution is -2.46. The van der Waals surface area contributed by atoms with Gasteiger partial charge in [-0.1, -0.05) is 13.0 Å². The largest absolute Gasteiger partial charge is 0.351 e. The maximum Gasteiger partial charge on any atom is 0.237 e. The summed E-state index contributed by atoms with van der Waals surface area (Å²) >= 11 is 0. The van der Waals surface area contributed by atoms with E-state index in [1.54, 1.807) is 6.08 Å². The molecule has 4 heteroatoms. The molecule has 0 spiro atoms. The van der Waals surface area contributed by atoms with Crippen molar-refractivity contribution < 1.29 is 4.79 Å². The van der Waals surface area contributed by atoms with Gasteiger partial charge in [-0.15, -0.1) is 6.58 Å². The summed E-state index contributed by atoms with van der Waals surface area (Å²) in [4.78, 5) is 13.7. The Kier molecular flexibility index (Phi) is 7.23. The Labute approximate surface area is 97.9 Å². The summed E-state index contributed by atoms with van der Waals surface area (Å²) in [6.07, 6.45) is 1.65. The number of carbonyl (C=O) groups is 1. The van der Waals surface area contributed by atoms with Crippen LogP contribution >= 0.6 is 0 Å². The predicted octanol–water partition coefficient (Wildman–Crippen LogP) is 1.16. The maximum atomic E-state index is 11.7. The minimum atomic E-state index is -0.208. The number of rotatable bonds is 7. The van der Waals surface area contributed by atoms with Crippen LogP contribution in [-0.2, 0) is 4.79 Å². The van der Waals surface area contributed by atoms with E-state index in [-0.39, 0.29) is 17.9 Å². The van der Waals surface area contributed by atoms with Gasteiger partial charge in [0.1, 0.15) is 0 Å². The normalized spacial score (nSPS) is 13.9. The molecule has 0 saturated carbocycles. The number of hydrogen-bond acceptors (Lipinski definition) is 3. The van der Waals surface area contributed by atoms with E-state index in [0.29, 0.717) is 13.1 Å². The van der Waals surface area contributed by atoms with Crippen LogP contribution < -0.4 is 5.32 Å². The highest BCUT2D eigenvalue weighted by Crippen LogP contribution is 2.04. The second kappa shape index (κ2) is 7.89. The molecule has 0 radical (unpaired) electrons. The summed E-state index contributed by atoms with van der Waals surface area (Å²) in [5, 5.41) is 11.5. The van der Waals surface area contributed by atoms with E-state index >= 15 is 0 Å². The summed E-state index contributed by atoms with van der Waals surface area (Å²) in [6, 6.07) is 1.97. The molecule has 0 fully saturated rings. The Hall–Kier alpha value is -1.34. The number of carbonyl (C=O) groups excluding carboxylic acids is 1. The number of amides is 1. The van der Waals surface area contributed by atoms with E-state index in [4.69, 9.17) is 5.26 Å². The molecule has 0 aromatic carbocycles. The first kappa shape index (κ1) is 14.7. The smallest absolute Gasteiger partial charge is 0.237 e. The minimum absolute atomic E-state index is 0.0214. The number of nitrogens with one attached hydrogen (secondary N) is 1. The molecule has 2 unspecified atom stereocenters. The van der Waals surface area contributed by atoms with Gasteiger partial charge < -0.3 is 5.32 Å². The van der Waals surface area contributed by atoms with Gasteiger partial charge in [0.2, 0.25) is 5.91 Å². The van der Waals surface area contributed by atoms with Crippen LogP contribution in [0.4, 0.5) is 0 Å². The summed E-state index contributed by atoms with van der Waals surface area (Å²) < 4.78 is 0. The van der Waals surface area contributed by atoms with Crippen molar-refractivity contribution in [2.24, 2.45) is 5.92 Å². The van der Waals surface area contributed by atoms with E-state index in [2.05, 4.69) is 18.0 Å². The molecule has 90 valence electrons. The molecule has 1 amide bonds. The van der Waals surface area contributed by atoms with E-state index in [9.17, 15) is 4.79 Å². The second-order valence-electron chi connectivity index (χ2n) is 3.83. The summed E-state index contributed by atoms with van der Waals surface area (Å²) in [7, 11) is 0. The molecule has 4 nitrogen and oxygen atoms in total. The van der Waals surface area contributed by atoms with Gasteiger partial charge in [0.15, 0.2) is 0 Å². The van der Waals surface area contributed by atoms with Crippen molar-refractivity contribution in [3.05, 3.63) is 12.7 Å². The summed E-state index contributed by atoms with van der Waals surface area (Å²) in [6.45, 7) is 11.1. The molecule has 0 aliphatic carbocycles. The van der Waals surface area contributed by atoms with Crippen LogP contribution in [0.15, 0.2) is 12.7 Å². The molecule has 0 aliphatic rings. The first-order valence-electron chi connectivity index (χ1n) is 5.59. The zero-order chi connectivity index (χ0) is 12.6. The molecule has 0 bridgehead atoms. The highest BCUT2D eigenvalue weighted by Gasteiger charge is 2.20. The number of nitrogens with zero attached hydrogens (tertiary/aromatic N) is 2. The highest BCUT2D eigenvalue weighted by molar-refractivity contribution is 5.81. The van der Waals surface area contributed by atoms with Crippen molar-refractivity contribution in [2.45, 2.75) is 26.8 Å². The Morgan fingerprint density at radius 3 is 2.69 bits per heavy atom. The molecule has 0 aromatic rings. The maximum absolute atomic E-state index is 11.7.